The first-order valence-electron chi connectivity index (χ1n) is 7.05. The van der Waals surface area contributed by atoms with E-state index in [1.807, 2.05) is 0 Å². The fourth-order valence-electron chi connectivity index (χ4n) is 2.15. The van der Waals surface area contributed by atoms with Crippen LogP contribution in [0.2, 0.25) is 0 Å². The van der Waals surface area contributed by atoms with Gasteiger partial charge in [0.25, 0.3) is 5.69 Å². The van der Waals surface area contributed by atoms with Crippen LogP contribution in [0.5, 0.6) is 0 Å². The molecular weight excluding hydrogens is 318 g/mol. The summed E-state index contributed by atoms with van der Waals surface area (Å²) in [6.45, 7) is 1.55. The van der Waals surface area contributed by atoms with Crippen LogP contribution in [0.4, 0.5) is 14.5 Å². The molecule has 0 spiro atoms. The normalized spacial score (nSPS) is 12.1. The monoisotopic (exact) mass is 332 g/mol. The number of para-hydroxylation sites is 1. The lowest BCUT2D eigenvalue weighted by Gasteiger charge is -2.13. The molecule has 1 amide bonds. The number of halogens is 2. The molecule has 0 aliphatic heterocycles. The van der Waals surface area contributed by atoms with Gasteiger partial charge >= 0.3 is 0 Å². The first kappa shape index (κ1) is 17.3. The first-order valence-corrected chi connectivity index (χ1v) is 7.05. The molecule has 0 aromatic heterocycles. The third kappa shape index (κ3) is 4.22. The Morgan fingerprint density at radius 1 is 1.25 bits per heavy atom. The van der Waals surface area contributed by atoms with E-state index in [0.29, 0.717) is 0 Å². The van der Waals surface area contributed by atoms with Gasteiger partial charge in [-0.25, -0.2) is 8.78 Å². The molecule has 0 heterocycles. The number of nitro benzene ring substituents is 1. The van der Waals surface area contributed by atoms with Crippen LogP contribution in [0.15, 0.2) is 48.5 Å². The molecule has 0 saturated carbocycles. The third-order valence-corrected chi connectivity index (χ3v) is 3.34. The van der Waals surface area contributed by atoms with Crippen LogP contribution in [-0.2, 0) is 4.79 Å². The SMILES string of the molecule is CC(NC(=O)/C=C/c1ccccc1[N+](=O)[O-])c1ccc(F)cc1F. The summed E-state index contributed by atoms with van der Waals surface area (Å²) >= 11 is 0. The minimum absolute atomic E-state index is 0.126. The summed E-state index contributed by atoms with van der Waals surface area (Å²) in [7, 11) is 0. The minimum atomic E-state index is -0.759. The van der Waals surface area contributed by atoms with E-state index in [-0.39, 0.29) is 16.8 Å². The predicted molar refractivity (Wildman–Crippen MR) is 85.0 cm³/mol. The van der Waals surface area contributed by atoms with E-state index in [4.69, 9.17) is 0 Å². The lowest BCUT2D eigenvalue weighted by Crippen LogP contribution is -2.25. The fourth-order valence-corrected chi connectivity index (χ4v) is 2.15. The van der Waals surface area contributed by atoms with Crippen molar-refractivity contribution in [1.29, 1.82) is 0 Å². The van der Waals surface area contributed by atoms with Gasteiger partial charge in [0.2, 0.25) is 5.91 Å². The van der Waals surface area contributed by atoms with Crippen molar-refractivity contribution in [2.24, 2.45) is 0 Å². The number of benzene rings is 2. The molecule has 0 saturated heterocycles. The molecule has 7 heteroatoms. The van der Waals surface area contributed by atoms with E-state index >= 15 is 0 Å². The van der Waals surface area contributed by atoms with Gasteiger partial charge in [-0.3, -0.25) is 14.9 Å². The lowest BCUT2D eigenvalue weighted by molar-refractivity contribution is -0.385. The summed E-state index contributed by atoms with van der Waals surface area (Å²) < 4.78 is 26.6. The quantitative estimate of drug-likeness (QED) is 0.515. The molecule has 2 rings (SSSR count). The maximum absolute atomic E-state index is 13.7. The second-order valence-electron chi connectivity index (χ2n) is 5.05. The van der Waals surface area contributed by atoms with E-state index in [1.54, 1.807) is 13.0 Å². The predicted octanol–water partition coefficient (Wildman–Crippen LogP) is 3.76. The number of hydrogen-bond donors (Lipinski definition) is 1. The van der Waals surface area contributed by atoms with E-state index in [1.165, 1.54) is 30.3 Å². The number of nitrogens with one attached hydrogen (secondary N) is 1. The van der Waals surface area contributed by atoms with E-state index in [2.05, 4.69) is 5.32 Å². The van der Waals surface area contributed by atoms with Crippen molar-refractivity contribution in [3.63, 3.8) is 0 Å². The maximum Gasteiger partial charge on any atom is 0.276 e. The molecule has 124 valence electrons. The van der Waals surface area contributed by atoms with Crippen LogP contribution in [0.3, 0.4) is 0 Å². The van der Waals surface area contributed by atoms with Gasteiger partial charge in [0.1, 0.15) is 11.6 Å². The van der Waals surface area contributed by atoms with Crippen LogP contribution in [-0.4, -0.2) is 10.8 Å². The van der Waals surface area contributed by atoms with Crippen molar-refractivity contribution in [2.75, 3.05) is 0 Å². The zero-order valence-corrected chi connectivity index (χ0v) is 12.7. The molecule has 0 bridgehead atoms. The summed E-state index contributed by atoms with van der Waals surface area (Å²) in [6, 6.07) is 8.37. The highest BCUT2D eigenvalue weighted by Crippen LogP contribution is 2.20. The lowest BCUT2D eigenvalue weighted by atomic mass is 10.1. The molecule has 2 aromatic rings. The van der Waals surface area contributed by atoms with Crippen LogP contribution in [0.25, 0.3) is 6.08 Å². The van der Waals surface area contributed by atoms with Gasteiger partial charge in [-0.2, -0.15) is 0 Å². The number of nitro groups is 1. The molecule has 1 atom stereocenters. The van der Waals surface area contributed by atoms with Crippen molar-refractivity contribution in [3.8, 4) is 0 Å². The van der Waals surface area contributed by atoms with Crippen LogP contribution in [0, 0.1) is 21.7 Å². The Kier molecular flexibility index (Phi) is 5.36. The molecular formula is C17H14F2N2O3. The van der Waals surface area contributed by atoms with Crippen LogP contribution < -0.4 is 5.32 Å². The summed E-state index contributed by atoms with van der Waals surface area (Å²) in [4.78, 5) is 22.2. The van der Waals surface area contributed by atoms with Gasteiger partial charge in [-0.1, -0.05) is 18.2 Å². The number of carbonyl (C=O) groups excluding carboxylic acids is 1. The van der Waals surface area contributed by atoms with Gasteiger partial charge in [0, 0.05) is 23.8 Å². The Labute approximate surface area is 136 Å². The molecule has 0 aliphatic rings. The second kappa shape index (κ2) is 7.45. The van der Waals surface area contributed by atoms with Gasteiger partial charge in [0.15, 0.2) is 0 Å². The maximum atomic E-state index is 13.7. The molecule has 5 nitrogen and oxygen atoms in total. The van der Waals surface area contributed by atoms with Crippen molar-refractivity contribution >= 4 is 17.7 Å². The number of nitrogens with zero attached hydrogens (tertiary/aromatic N) is 1. The Hall–Kier alpha value is -3.09. The van der Waals surface area contributed by atoms with Gasteiger partial charge in [-0.05, 0) is 25.1 Å². The molecule has 0 fully saturated rings. The molecule has 0 radical (unpaired) electrons. The number of rotatable bonds is 5. The first-order chi connectivity index (χ1) is 11.4. The number of hydrogen-bond acceptors (Lipinski definition) is 3. The van der Waals surface area contributed by atoms with Crippen molar-refractivity contribution < 1.29 is 18.5 Å². The summed E-state index contributed by atoms with van der Waals surface area (Å²) in [5.41, 5.74) is 0.293. The van der Waals surface area contributed by atoms with E-state index < -0.39 is 28.5 Å². The van der Waals surface area contributed by atoms with Crippen LogP contribution in [0.1, 0.15) is 24.1 Å². The van der Waals surface area contributed by atoms with Crippen molar-refractivity contribution in [2.45, 2.75) is 13.0 Å². The standard InChI is InChI=1S/C17H14F2N2O3/c1-11(14-8-7-13(18)10-15(14)19)20-17(22)9-6-12-4-2-3-5-16(12)21(23)24/h2-11H,1H3,(H,20,22)/b9-6+. The number of carbonyl (C=O) groups is 1. The van der Waals surface area contributed by atoms with E-state index in [9.17, 15) is 23.7 Å². The van der Waals surface area contributed by atoms with Gasteiger partial charge < -0.3 is 5.32 Å². The summed E-state index contributed by atoms with van der Waals surface area (Å²) in [6.07, 6.45) is 2.43. The Balaban J connectivity index is 2.09. The van der Waals surface area contributed by atoms with Crippen molar-refractivity contribution in [3.05, 3.63) is 81.4 Å². The fraction of sp³-hybridized carbons (Fsp3) is 0.118. The zero-order chi connectivity index (χ0) is 17.7. The molecule has 0 aliphatic carbocycles. The average Bonchev–Trinajstić information content (AvgIpc) is 2.52. The van der Waals surface area contributed by atoms with Crippen LogP contribution >= 0.6 is 0 Å². The van der Waals surface area contributed by atoms with E-state index in [0.717, 1.165) is 18.2 Å². The highest BCUT2D eigenvalue weighted by atomic mass is 19.1. The second-order valence-corrected chi connectivity index (χ2v) is 5.05. The molecule has 1 N–H and O–H groups in total. The smallest absolute Gasteiger partial charge is 0.276 e. The highest BCUT2D eigenvalue weighted by Gasteiger charge is 2.14. The van der Waals surface area contributed by atoms with Gasteiger partial charge in [-0.15, -0.1) is 0 Å². The topological polar surface area (TPSA) is 72.2 Å². The highest BCUT2D eigenvalue weighted by molar-refractivity contribution is 5.92. The Morgan fingerprint density at radius 2 is 1.96 bits per heavy atom. The third-order valence-electron chi connectivity index (χ3n) is 3.34. The molecule has 1 unspecified atom stereocenters. The molecule has 2 aromatic carbocycles. The Morgan fingerprint density at radius 3 is 2.62 bits per heavy atom. The summed E-state index contributed by atoms with van der Waals surface area (Å²) in [5, 5.41) is 13.4. The van der Waals surface area contributed by atoms with Gasteiger partial charge in [0.05, 0.1) is 16.5 Å². The average molecular weight is 332 g/mol. The number of amides is 1. The Bertz CT molecular complexity index is 806. The minimum Gasteiger partial charge on any atom is -0.346 e. The zero-order valence-electron chi connectivity index (χ0n) is 12.7. The van der Waals surface area contributed by atoms with Crippen molar-refractivity contribution in [1.82, 2.24) is 5.32 Å². The molecule has 24 heavy (non-hydrogen) atoms. The largest absolute Gasteiger partial charge is 0.346 e. The summed E-state index contributed by atoms with van der Waals surface area (Å²) in [5.74, 6) is -2.01.